The Morgan fingerprint density at radius 2 is 2.10 bits per heavy atom. The molecular weight excluding hydrogens is 270 g/mol. The summed E-state index contributed by atoms with van der Waals surface area (Å²) in [7, 11) is 0. The largest absolute Gasteiger partial charge is 0.396 e. The van der Waals surface area contributed by atoms with E-state index in [2.05, 4.69) is 10.3 Å². The van der Waals surface area contributed by atoms with E-state index in [9.17, 15) is 10.1 Å². The number of aliphatic hydroxyl groups is 1. The van der Waals surface area contributed by atoms with Gasteiger partial charge in [-0.3, -0.25) is 10.1 Å². The van der Waals surface area contributed by atoms with E-state index in [4.69, 9.17) is 5.11 Å². The Labute approximate surface area is 123 Å². The van der Waals surface area contributed by atoms with Gasteiger partial charge in [0.15, 0.2) is 0 Å². The number of aliphatic hydroxyl groups excluding tert-OH is 1. The van der Waals surface area contributed by atoms with Crippen molar-refractivity contribution < 1.29 is 10.0 Å². The van der Waals surface area contributed by atoms with Crippen LogP contribution < -0.4 is 5.32 Å². The highest BCUT2D eigenvalue weighted by Crippen LogP contribution is 2.32. The van der Waals surface area contributed by atoms with Gasteiger partial charge in [0.2, 0.25) is 0 Å². The second-order valence-electron chi connectivity index (χ2n) is 5.78. The summed E-state index contributed by atoms with van der Waals surface area (Å²) in [5, 5.41) is 24.2. The Hall–Kier alpha value is -2.21. The van der Waals surface area contributed by atoms with Gasteiger partial charge in [-0.1, -0.05) is 32.0 Å². The van der Waals surface area contributed by atoms with Crippen LogP contribution in [-0.2, 0) is 0 Å². The molecule has 0 unspecified atom stereocenters. The van der Waals surface area contributed by atoms with E-state index in [1.807, 2.05) is 38.1 Å². The SMILES string of the molecule is CC(C)(CCO)CNc1c([N+](=O)[O-])cnc2ccccc12. The standard InChI is InChI=1S/C15H19N3O3/c1-15(2,7-8-19)10-17-14-11-5-3-4-6-12(11)16-9-13(14)18(20)21/h3-6,9,19H,7-8,10H2,1-2H3,(H,16,17). The second-order valence-corrected chi connectivity index (χ2v) is 5.78. The molecule has 0 atom stereocenters. The summed E-state index contributed by atoms with van der Waals surface area (Å²) in [6.07, 6.45) is 1.90. The van der Waals surface area contributed by atoms with E-state index in [1.54, 1.807) is 0 Å². The van der Waals surface area contributed by atoms with Crippen molar-refractivity contribution in [2.75, 3.05) is 18.5 Å². The molecule has 0 saturated carbocycles. The van der Waals surface area contributed by atoms with Crippen LogP contribution in [0.4, 0.5) is 11.4 Å². The highest BCUT2D eigenvalue weighted by Gasteiger charge is 2.22. The number of fused-ring (bicyclic) bond motifs is 1. The Morgan fingerprint density at radius 1 is 1.38 bits per heavy atom. The fourth-order valence-electron chi connectivity index (χ4n) is 2.17. The number of pyridine rings is 1. The number of nitrogens with one attached hydrogen (secondary N) is 1. The molecule has 0 aliphatic carbocycles. The molecule has 0 saturated heterocycles. The molecule has 1 aromatic carbocycles. The minimum atomic E-state index is -0.430. The quantitative estimate of drug-likeness (QED) is 0.630. The minimum absolute atomic E-state index is 0.0338. The predicted molar refractivity (Wildman–Crippen MR) is 82.4 cm³/mol. The van der Waals surface area contributed by atoms with Crippen LogP contribution >= 0.6 is 0 Å². The van der Waals surface area contributed by atoms with Gasteiger partial charge >= 0.3 is 5.69 Å². The van der Waals surface area contributed by atoms with Gasteiger partial charge in [-0.2, -0.15) is 0 Å². The zero-order valence-corrected chi connectivity index (χ0v) is 12.2. The molecule has 1 heterocycles. The van der Waals surface area contributed by atoms with Crippen LogP contribution in [0.1, 0.15) is 20.3 Å². The molecule has 2 aromatic rings. The summed E-state index contributed by atoms with van der Waals surface area (Å²) in [4.78, 5) is 14.9. The van der Waals surface area contributed by atoms with Crippen molar-refractivity contribution in [2.45, 2.75) is 20.3 Å². The van der Waals surface area contributed by atoms with E-state index in [1.165, 1.54) is 6.20 Å². The molecule has 0 spiro atoms. The van der Waals surface area contributed by atoms with Crippen LogP contribution in [0.15, 0.2) is 30.5 Å². The van der Waals surface area contributed by atoms with E-state index >= 15 is 0 Å². The zero-order chi connectivity index (χ0) is 15.5. The first-order chi connectivity index (χ1) is 9.94. The fraction of sp³-hybridized carbons (Fsp3) is 0.400. The number of benzene rings is 1. The zero-order valence-electron chi connectivity index (χ0n) is 12.2. The number of anilines is 1. The number of rotatable bonds is 6. The lowest BCUT2D eigenvalue weighted by Gasteiger charge is -2.24. The van der Waals surface area contributed by atoms with Crippen molar-refractivity contribution in [3.05, 3.63) is 40.6 Å². The lowest BCUT2D eigenvalue weighted by Crippen LogP contribution is -2.24. The van der Waals surface area contributed by atoms with Crippen molar-refractivity contribution in [3.63, 3.8) is 0 Å². The molecule has 0 amide bonds. The fourth-order valence-corrected chi connectivity index (χ4v) is 2.17. The second kappa shape index (κ2) is 6.05. The molecule has 0 aliphatic rings. The molecule has 0 aliphatic heterocycles. The van der Waals surface area contributed by atoms with Gasteiger partial charge in [0.05, 0.1) is 10.4 Å². The van der Waals surface area contributed by atoms with Crippen LogP contribution in [0.2, 0.25) is 0 Å². The van der Waals surface area contributed by atoms with Gasteiger partial charge in [-0.05, 0) is 17.9 Å². The Bertz CT molecular complexity index is 656. The summed E-state index contributed by atoms with van der Waals surface area (Å²) in [6.45, 7) is 4.63. The lowest BCUT2D eigenvalue weighted by molar-refractivity contribution is -0.384. The van der Waals surface area contributed by atoms with E-state index < -0.39 is 4.92 Å². The lowest BCUT2D eigenvalue weighted by atomic mass is 9.89. The number of nitrogens with zero attached hydrogens (tertiary/aromatic N) is 2. The van der Waals surface area contributed by atoms with Gasteiger partial charge in [-0.25, -0.2) is 4.98 Å². The maximum absolute atomic E-state index is 11.2. The highest BCUT2D eigenvalue weighted by atomic mass is 16.6. The Balaban J connectivity index is 2.40. The third kappa shape index (κ3) is 3.46. The monoisotopic (exact) mass is 289 g/mol. The number of aromatic nitrogens is 1. The topological polar surface area (TPSA) is 88.3 Å². The van der Waals surface area contributed by atoms with E-state index in [-0.39, 0.29) is 17.7 Å². The van der Waals surface area contributed by atoms with Gasteiger partial charge in [0, 0.05) is 18.5 Å². The summed E-state index contributed by atoms with van der Waals surface area (Å²) in [5.41, 5.74) is 1.00. The third-order valence-corrected chi connectivity index (χ3v) is 3.48. The van der Waals surface area contributed by atoms with Crippen LogP contribution in [0.25, 0.3) is 10.9 Å². The number of hydrogen-bond donors (Lipinski definition) is 2. The molecule has 2 rings (SSSR count). The van der Waals surface area contributed by atoms with Gasteiger partial charge in [0.25, 0.3) is 0 Å². The van der Waals surface area contributed by atoms with Crippen LogP contribution in [-0.4, -0.2) is 28.2 Å². The molecule has 0 radical (unpaired) electrons. The summed E-state index contributed by atoms with van der Waals surface area (Å²) >= 11 is 0. The maximum atomic E-state index is 11.2. The van der Waals surface area contributed by atoms with Crippen molar-refractivity contribution in [3.8, 4) is 0 Å². The van der Waals surface area contributed by atoms with Crippen molar-refractivity contribution in [1.82, 2.24) is 4.98 Å². The molecule has 1 aromatic heterocycles. The molecular formula is C15H19N3O3. The van der Waals surface area contributed by atoms with E-state index in [0.29, 0.717) is 24.2 Å². The highest BCUT2D eigenvalue weighted by molar-refractivity contribution is 5.95. The van der Waals surface area contributed by atoms with Gasteiger partial charge in [0.1, 0.15) is 11.9 Å². The Kier molecular flexibility index (Phi) is 4.37. The average Bonchev–Trinajstić information content (AvgIpc) is 2.44. The number of hydrogen-bond acceptors (Lipinski definition) is 5. The summed E-state index contributed by atoms with van der Waals surface area (Å²) in [5.74, 6) is 0. The van der Waals surface area contributed by atoms with Gasteiger partial charge < -0.3 is 10.4 Å². The minimum Gasteiger partial charge on any atom is -0.396 e. The molecule has 0 bridgehead atoms. The molecule has 6 heteroatoms. The molecule has 2 N–H and O–H groups in total. The van der Waals surface area contributed by atoms with Crippen molar-refractivity contribution >= 4 is 22.3 Å². The average molecular weight is 289 g/mol. The molecule has 0 fully saturated rings. The first-order valence-corrected chi connectivity index (χ1v) is 6.81. The Morgan fingerprint density at radius 3 is 2.76 bits per heavy atom. The molecule has 21 heavy (non-hydrogen) atoms. The molecule has 112 valence electrons. The first kappa shape index (κ1) is 15.2. The normalized spacial score (nSPS) is 11.6. The maximum Gasteiger partial charge on any atom is 0.311 e. The molecule has 6 nitrogen and oxygen atoms in total. The van der Waals surface area contributed by atoms with Crippen LogP contribution in [0, 0.1) is 15.5 Å². The number of para-hydroxylation sites is 1. The first-order valence-electron chi connectivity index (χ1n) is 6.81. The van der Waals surface area contributed by atoms with Crippen LogP contribution in [0.5, 0.6) is 0 Å². The predicted octanol–water partition coefficient (Wildman–Crippen LogP) is 2.96. The summed E-state index contributed by atoms with van der Waals surface area (Å²) in [6, 6.07) is 7.32. The van der Waals surface area contributed by atoms with Crippen molar-refractivity contribution in [2.24, 2.45) is 5.41 Å². The summed E-state index contributed by atoms with van der Waals surface area (Å²) < 4.78 is 0. The number of nitro groups is 1. The van der Waals surface area contributed by atoms with Gasteiger partial charge in [-0.15, -0.1) is 0 Å². The third-order valence-electron chi connectivity index (χ3n) is 3.48. The smallest absolute Gasteiger partial charge is 0.311 e. The van der Waals surface area contributed by atoms with E-state index in [0.717, 1.165) is 5.39 Å². The van der Waals surface area contributed by atoms with Crippen LogP contribution in [0.3, 0.4) is 0 Å². The van der Waals surface area contributed by atoms with Crippen molar-refractivity contribution in [1.29, 1.82) is 0 Å².